The molecule has 0 amide bonds. The summed E-state index contributed by atoms with van der Waals surface area (Å²) >= 11 is 2.04. The Morgan fingerprint density at radius 1 is 1.05 bits per heavy atom. The van der Waals surface area contributed by atoms with Crippen molar-refractivity contribution in [3.63, 3.8) is 0 Å². The second-order valence-electron chi connectivity index (χ2n) is 5.15. The van der Waals surface area contributed by atoms with Crippen LogP contribution in [0.5, 0.6) is 0 Å². The molecule has 0 unspecified atom stereocenters. The molecule has 0 bridgehead atoms. The summed E-state index contributed by atoms with van der Waals surface area (Å²) in [5.74, 6) is 0. The number of hydrogen-bond donors (Lipinski definition) is 0. The van der Waals surface area contributed by atoms with Crippen molar-refractivity contribution in [2.75, 3.05) is 18.0 Å². The van der Waals surface area contributed by atoms with Gasteiger partial charge in [-0.1, -0.05) is 24.3 Å². The maximum Gasteiger partial charge on any atom is 0.282 e. The van der Waals surface area contributed by atoms with Gasteiger partial charge in [0, 0.05) is 24.8 Å². The van der Waals surface area contributed by atoms with Crippen LogP contribution in [0.25, 0.3) is 0 Å². The molecule has 4 nitrogen and oxygen atoms in total. The third-order valence-corrected chi connectivity index (χ3v) is 4.78. The van der Waals surface area contributed by atoms with E-state index in [0.29, 0.717) is 3.57 Å². The Kier molecular flexibility index (Phi) is 4.10. The molecule has 1 aliphatic heterocycles. The molecule has 3 rings (SSSR count). The van der Waals surface area contributed by atoms with Crippen LogP contribution in [0.2, 0.25) is 0 Å². The zero-order valence-corrected chi connectivity index (χ0v) is 13.6. The highest BCUT2D eigenvalue weighted by Gasteiger charge is 2.17. The van der Waals surface area contributed by atoms with Crippen molar-refractivity contribution in [3.05, 3.63) is 67.3 Å². The highest BCUT2D eigenvalue weighted by atomic mass is 127. The average molecular weight is 394 g/mol. The molecule has 5 heteroatoms. The second-order valence-corrected chi connectivity index (χ2v) is 6.31. The molecular formula is C16H15IN2O2. The number of nitrogens with zero attached hydrogens (tertiary/aromatic N) is 2. The fourth-order valence-electron chi connectivity index (χ4n) is 2.77. The fraction of sp³-hybridized carbons (Fsp3) is 0.250. The summed E-state index contributed by atoms with van der Waals surface area (Å²) in [5.41, 5.74) is 4.07. The minimum absolute atomic E-state index is 0.178. The Morgan fingerprint density at radius 3 is 2.19 bits per heavy atom. The van der Waals surface area contributed by atoms with E-state index in [2.05, 4.69) is 29.2 Å². The van der Waals surface area contributed by atoms with Gasteiger partial charge in [-0.2, -0.15) is 0 Å². The molecule has 0 aromatic heterocycles. The summed E-state index contributed by atoms with van der Waals surface area (Å²) < 4.78 is 0.692. The van der Waals surface area contributed by atoms with Crippen molar-refractivity contribution in [2.45, 2.75) is 12.8 Å². The number of hydrogen-bond acceptors (Lipinski definition) is 3. The number of rotatable bonds is 2. The molecule has 2 aromatic carbocycles. The van der Waals surface area contributed by atoms with Crippen molar-refractivity contribution < 1.29 is 4.92 Å². The van der Waals surface area contributed by atoms with Gasteiger partial charge in [-0.05, 0) is 58.7 Å². The van der Waals surface area contributed by atoms with Gasteiger partial charge >= 0.3 is 0 Å². The summed E-state index contributed by atoms with van der Waals surface area (Å²) in [6.45, 7) is 1.90. The normalized spacial score (nSPS) is 14.4. The van der Waals surface area contributed by atoms with Crippen molar-refractivity contribution in [1.82, 2.24) is 0 Å². The topological polar surface area (TPSA) is 46.4 Å². The summed E-state index contributed by atoms with van der Waals surface area (Å²) in [6.07, 6.45) is 2.04. The van der Waals surface area contributed by atoms with Crippen LogP contribution in [0, 0.1) is 13.7 Å². The van der Waals surface area contributed by atoms with E-state index in [-0.39, 0.29) is 10.6 Å². The molecule has 0 fully saturated rings. The van der Waals surface area contributed by atoms with Gasteiger partial charge < -0.3 is 4.90 Å². The number of benzene rings is 2. The lowest BCUT2D eigenvalue weighted by molar-refractivity contribution is -0.385. The minimum Gasteiger partial charge on any atom is -0.371 e. The molecule has 1 aliphatic rings. The maximum absolute atomic E-state index is 10.9. The average Bonchev–Trinajstić information content (AvgIpc) is 2.69. The van der Waals surface area contributed by atoms with Crippen LogP contribution in [-0.4, -0.2) is 18.0 Å². The van der Waals surface area contributed by atoms with Crippen LogP contribution in [0.3, 0.4) is 0 Å². The van der Waals surface area contributed by atoms with Crippen LogP contribution in [0.1, 0.15) is 11.1 Å². The Bertz CT molecular complexity index is 661. The molecular weight excluding hydrogens is 379 g/mol. The maximum atomic E-state index is 10.9. The lowest BCUT2D eigenvalue weighted by Gasteiger charge is -2.22. The van der Waals surface area contributed by atoms with Gasteiger partial charge in [0.05, 0.1) is 8.49 Å². The SMILES string of the molecule is O=[N+]([O-])c1ccc(N2CCc3ccccc3CC2)cc1I. The van der Waals surface area contributed by atoms with Crippen molar-refractivity contribution in [1.29, 1.82) is 0 Å². The molecule has 0 saturated heterocycles. The van der Waals surface area contributed by atoms with E-state index in [1.807, 2.05) is 34.7 Å². The van der Waals surface area contributed by atoms with Crippen molar-refractivity contribution in [2.24, 2.45) is 0 Å². The third-order valence-electron chi connectivity index (χ3n) is 3.91. The van der Waals surface area contributed by atoms with Gasteiger partial charge in [-0.15, -0.1) is 0 Å². The Hall–Kier alpha value is -1.63. The summed E-state index contributed by atoms with van der Waals surface area (Å²) in [4.78, 5) is 12.9. The lowest BCUT2D eigenvalue weighted by Crippen LogP contribution is -2.26. The minimum atomic E-state index is -0.330. The Labute approximate surface area is 137 Å². The molecule has 0 spiro atoms. The molecule has 2 aromatic rings. The quantitative estimate of drug-likeness (QED) is 0.442. The first-order valence-corrected chi connectivity index (χ1v) is 7.99. The largest absolute Gasteiger partial charge is 0.371 e. The molecule has 0 atom stereocenters. The number of nitro benzene ring substituents is 1. The highest BCUT2D eigenvalue weighted by Crippen LogP contribution is 2.28. The predicted octanol–water partition coefficient (Wildman–Crippen LogP) is 3.80. The van der Waals surface area contributed by atoms with E-state index in [9.17, 15) is 10.1 Å². The first-order chi connectivity index (χ1) is 10.1. The number of halogens is 1. The van der Waals surface area contributed by atoms with Crippen molar-refractivity contribution in [3.8, 4) is 0 Å². The molecule has 0 radical (unpaired) electrons. The van der Waals surface area contributed by atoms with Crippen LogP contribution in [-0.2, 0) is 12.8 Å². The Morgan fingerprint density at radius 2 is 1.67 bits per heavy atom. The molecule has 0 N–H and O–H groups in total. The van der Waals surface area contributed by atoms with E-state index >= 15 is 0 Å². The van der Waals surface area contributed by atoms with E-state index in [1.165, 1.54) is 11.1 Å². The van der Waals surface area contributed by atoms with Crippen LogP contribution in [0.4, 0.5) is 11.4 Å². The van der Waals surface area contributed by atoms with E-state index < -0.39 is 0 Å². The molecule has 21 heavy (non-hydrogen) atoms. The van der Waals surface area contributed by atoms with Crippen LogP contribution in [0.15, 0.2) is 42.5 Å². The first kappa shape index (κ1) is 14.3. The Balaban J connectivity index is 1.83. The number of anilines is 1. The van der Waals surface area contributed by atoms with Crippen molar-refractivity contribution >= 4 is 34.0 Å². The van der Waals surface area contributed by atoms with Crippen LogP contribution < -0.4 is 4.90 Å². The number of fused-ring (bicyclic) bond motifs is 1. The van der Waals surface area contributed by atoms with Gasteiger partial charge in [-0.25, -0.2) is 0 Å². The standard InChI is InChI=1S/C16H15IN2O2/c17-15-11-14(5-6-16(15)19(20)21)18-9-7-12-3-1-2-4-13(12)8-10-18/h1-6,11H,7-10H2. The molecule has 108 valence electrons. The zero-order chi connectivity index (χ0) is 14.8. The molecule has 0 aliphatic carbocycles. The summed E-state index contributed by atoms with van der Waals surface area (Å²) in [6, 6.07) is 13.9. The smallest absolute Gasteiger partial charge is 0.282 e. The van der Waals surface area contributed by atoms with Gasteiger partial charge in [-0.3, -0.25) is 10.1 Å². The second kappa shape index (κ2) is 6.01. The highest BCUT2D eigenvalue weighted by molar-refractivity contribution is 14.1. The van der Waals surface area contributed by atoms with E-state index in [1.54, 1.807) is 6.07 Å². The fourth-order valence-corrected chi connectivity index (χ4v) is 3.46. The van der Waals surface area contributed by atoms with Gasteiger partial charge in [0.25, 0.3) is 5.69 Å². The van der Waals surface area contributed by atoms with Gasteiger partial charge in [0.2, 0.25) is 0 Å². The zero-order valence-electron chi connectivity index (χ0n) is 11.5. The summed E-state index contributed by atoms with van der Waals surface area (Å²) in [5, 5.41) is 10.9. The van der Waals surface area contributed by atoms with E-state index in [0.717, 1.165) is 31.6 Å². The van der Waals surface area contributed by atoms with Gasteiger partial charge in [0.15, 0.2) is 0 Å². The first-order valence-electron chi connectivity index (χ1n) is 6.91. The predicted molar refractivity (Wildman–Crippen MR) is 91.9 cm³/mol. The number of nitro groups is 1. The lowest BCUT2D eigenvalue weighted by atomic mass is 10.0. The van der Waals surface area contributed by atoms with E-state index in [4.69, 9.17) is 0 Å². The molecule has 0 saturated carbocycles. The monoisotopic (exact) mass is 394 g/mol. The van der Waals surface area contributed by atoms with Crippen LogP contribution >= 0.6 is 22.6 Å². The molecule has 1 heterocycles. The summed E-state index contributed by atoms with van der Waals surface area (Å²) in [7, 11) is 0. The third kappa shape index (κ3) is 3.02. The van der Waals surface area contributed by atoms with Gasteiger partial charge in [0.1, 0.15) is 0 Å².